The van der Waals surface area contributed by atoms with Crippen molar-refractivity contribution in [3.8, 4) is 0 Å². The molecule has 0 spiro atoms. The molecule has 0 heterocycles. The summed E-state index contributed by atoms with van der Waals surface area (Å²) in [5, 5.41) is 9.48. The standard InChI is InChI=1S/C15H25NO2/c1-13(2)7-6-10-18-12-15(16,11-17)14-8-4-3-5-9-14/h3-5,8-9,13,17H,6-7,10-12,16H2,1-2H3. The molecule has 1 rings (SSSR count). The molecule has 0 bridgehead atoms. The fraction of sp³-hybridized carbons (Fsp3) is 0.600. The number of hydrogen-bond donors (Lipinski definition) is 2. The van der Waals surface area contributed by atoms with Gasteiger partial charge in [-0.2, -0.15) is 0 Å². The van der Waals surface area contributed by atoms with Crippen molar-refractivity contribution in [3.63, 3.8) is 0 Å². The minimum absolute atomic E-state index is 0.110. The molecule has 3 N–H and O–H groups in total. The van der Waals surface area contributed by atoms with Crippen molar-refractivity contribution in [1.29, 1.82) is 0 Å². The van der Waals surface area contributed by atoms with Gasteiger partial charge in [0, 0.05) is 6.61 Å². The summed E-state index contributed by atoms with van der Waals surface area (Å²) in [6, 6.07) is 9.63. The molecule has 18 heavy (non-hydrogen) atoms. The highest BCUT2D eigenvalue weighted by atomic mass is 16.5. The molecular formula is C15H25NO2. The van der Waals surface area contributed by atoms with Gasteiger partial charge in [0.25, 0.3) is 0 Å². The predicted molar refractivity (Wildman–Crippen MR) is 74.3 cm³/mol. The van der Waals surface area contributed by atoms with Gasteiger partial charge < -0.3 is 15.6 Å². The molecule has 1 unspecified atom stereocenters. The number of aliphatic hydroxyl groups excluding tert-OH is 1. The highest BCUT2D eigenvalue weighted by Crippen LogP contribution is 2.18. The van der Waals surface area contributed by atoms with Gasteiger partial charge in [0.05, 0.1) is 18.8 Å². The molecule has 0 saturated carbocycles. The van der Waals surface area contributed by atoms with Crippen LogP contribution in [0.4, 0.5) is 0 Å². The first-order valence-electron chi connectivity index (χ1n) is 6.61. The van der Waals surface area contributed by atoms with Crippen molar-refractivity contribution < 1.29 is 9.84 Å². The van der Waals surface area contributed by atoms with Crippen LogP contribution in [0.5, 0.6) is 0 Å². The van der Waals surface area contributed by atoms with Crippen LogP contribution in [-0.4, -0.2) is 24.9 Å². The molecule has 1 aromatic rings. The van der Waals surface area contributed by atoms with Gasteiger partial charge in [-0.05, 0) is 24.3 Å². The lowest BCUT2D eigenvalue weighted by atomic mass is 9.93. The van der Waals surface area contributed by atoms with Crippen LogP contribution in [0.15, 0.2) is 30.3 Å². The van der Waals surface area contributed by atoms with Crippen molar-refractivity contribution >= 4 is 0 Å². The Hall–Kier alpha value is -0.900. The van der Waals surface area contributed by atoms with E-state index in [-0.39, 0.29) is 6.61 Å². The second-order valence-corrected chi connectivity index (χ2v) is 5.27. The van der Waals surface area contributed by atoms with E-state index < -0.39 is 5.54 Å². The van der Waals surface area contributed by atoms with Gasteiger partial charge in [-0.3, -0.25) is 0 Å². The average Bonchev–Trinajstić information content (AvgIpc) is 2.38. The Morgan fingerprint density at radius 1 is 1.28 bits per heavy atom. The van der Waals surface area contributed by atoms with Crippen molar-refractivity contribution in [2.75, 3.05) is 19.8 Å². The largest absolute Gasteiger partial charge is 0.394 e. The second kappa shape index (κ2) is 7.52. The first-order valence-corrected chi connectivity index (χ1v) is 6.61. The summed E-state index contributed by atoms with van der Waals surface area (Å²) in [4.78, 5) is 0. The monoisotopic (exact) mass is 251 g/mol. The Balaban J connectivity index is 2.42. The lowest BCUT2D eigenvalue weighted by Crippen LogP contribution is -2.45. The van der Waals surface area contributed by atoms with Crippen LogP contribution in [-0.2, 0) is 10.3 Å². The van der Waals surface area contributed by atoms with Gasteiger partial charge in [-0.1, -0.05) is 44.2 Å². The lowest BCUT2D eigenvalue weighted by molar-refractivity contribution is 0.0508. The predicted octanol–water partition coefficient (Wildman–Crippen LogP) is 2.29. The zero-order chi connectivity index (χ0) is 13.4. The Morgan fingerprint density at radius 2 is 1.94 bits per heavy atom. The quantitative estimate of drug-likeness (QED) is 0.697. The maximum atomic E-state index is 9.48. The van der Waals surface area contributed by atoms with Crippen molar-refractivity contribution in [3.05, 3.63) is 35.9 Å². The molecule has 0 aliphatic carbocycles. The maximum absolute atomic E-state index is 9.48. The Kier molecular flexibility index (Phi) is 6.33. The van der Waals surface area contributed by atoms with Gasteiger partial charge in [0.2, 0.25) is 0 Å². The molecule has 0 saturated heterocycles. The van der Waals surface area contributed by atoms with Crippen LogP contribution in [0.3, 0.4) is 0 Å². The highest BCUT2D eigenvalue weighted by molar-refractivity contribution is 5.24. The third-order valence-corrected chi connectivity index (χ3v) is 3.06. The first-order chi connectivity index (χ1) is 8.58. The van der Waals surface area contributed by atoms with E-state index in [0.717, 1.165) is 18.4 Å². The first kappa shape index (κ1) is 15.2. The number of rotatable bonds is 8. The van der Waals surface area contributed by atoms with Crippen LogP contribution in [0.25, 0.3) is 0 Å². The molecule has 1 atom stereocenters. The van der Waals surface area contributed by atoms with Crippen LogP contribution in [0.2, 0.25) is 0 Å². The van der Waals surface area contributed by atoms with E-state index in [4.69, 9.17) is 10.5 Å². The van der Waals surface area contributed by atoms with Gasteiger partial charge in [-0.25, -0.2) is 0 Å². The molecule has 3 heteroatoms. The summed E-state index contributed by atoms with van der Waals surface area (Å²) < 4.78 is 5.61. The average molecular weight is 251 g/mol. The van der Waals surface area contributed by atoms with E-state index in [1.807, 2.05) is 30.3 Å². The van der Waals surface area contributed by atoms with Gasteiger partial charge >= 0.3 is 0 Å². The third kappa shape index (κ3) is 4.77. The van der Waals surface area contributed by atoms with Crippen molar-refractivity contribution in [2.45, 2.75) is 32.2 Å². The van der Waals surface area contributed by atoms with Gasteiger partial charge in [0.15, 0.2) is 0 Å². The summed E-state index contributed by atoms with van der Waals surface area (Å²) in [7, 11) is 0. The van der Waals surface area contributed by atoms with Crippen LogP contribution in [0, 0.1) is 5.92 Å². The van der Waals surface area contributed by atoms with Crippen molar-refractivity contribution in [2.24, 2.45) is 11.7 Å². The van der Waals surface area contributed by atoms with Crippen LogP contribution >= 0.6 is 0 Å². The highest BCUT2D eigenvalue weighted by Gasteiger charge is 2.26. The molecule has 102 valence electrons. The molecular weight excluding hydrogens is 226 g/mol. The summed E-state index contributed by atoms with van der Waals surface area (Å²) >= 11 is 0. The van der Waals surface area contributed by atoms with Crippen LogP contribution in [0.1, 0.15) is 32.3 Å². The molecule has 0 aliphatic rings. The van der Waals surface area contributed by atoms with Gasteiger partial charge in [0.1, 0.15) is 0 Å². The lowest BCUT2D eigenvalue weighted by Gasteiger charge is -2.27. The van der Waals surface area contributed by atoms with Crippen molar-refractivity contribution in [1.82, 2.24) is 0 Å². The Bertz CT molecular complexity index is 327. The number of nitrogens with two attached hydrogens (primary N) is 1. The summed E-state index contributed by atoms with van der Waals surface area (Å²) in [6.45, 7) is 5.34. The van der Waals surface area contributed by atoms with E-state index in [9.17, 15) is 5.11 Å². The molecule has 1 aromatic carbocycles. The number of benzene rings is 1. The zero-order valence-corrected chi connectivity index (χ0v) is 11.4. The maximum Gasteiger partial charge on any atom is 0.0881 e. The Morgan fingerprint density at radius 3 is 2.50 bits per heavy atom. The molecule has 0 radical (unpaired) electrons. The number of hydrogen-bond acceptors (Lipinski definition) is 3. The summed E-state index contributed by atoms with van der Waals surface area (Å²) in [5.41, 5.74) is 6.31. The Labute approximate surface area is 110 Å². The van der Waals surface area contributed by atoms with Crippen LogP contribution < -0.4 is 5.73 Å². The summed E-state index contributed by atoms with van der Waals surface area (Å²) in [5.74, 6) is 0.697. The van der Waals surface area contributed by atoms with E-state index in [0.29, 0.717) is 19.1 Å². The fourth-order valence-electron chi connectivity index (χ4n) is 1.84. The minimum Gasteiger partial charge on any atom is -0.394 e. The minimum atomic E-state index is -0.793. The van der Waals surface area contributed by atoms with Gasteiger partial charge in [-0.15, -0.1) is 0 Å². The molecule has 0 fully saturated rings. The molecule has 0 amide bonds. The molecule has 0 aromatic heterocycles. The van der Waals surface area contributed by atoms with E-state index in [2.05, 4.69) is 13.8 Å². The normalized spacial score (nSPS) is 14.7. The second-order valence-electron chi connectivity index (χ2n) is 5.27. The smallest absolute Gasteiger partial charge is 0.0881 e. The van der Waals surface area contributed by atoms with E-state index in [1.165, 1.54) is 0 Å². The molecule has 0 aliphatic heterocycles. The van der Waals surface area contributed by atoms with E-state index >= 15 is 0 Å². The molecule has 3 nitrogen and oxygen atoms in total. The van der Waals surface area contributed by atoms with E-state index in [1.54, 1.807) is 0 Å². The third-order valence-electron chi connectivity index (χ3n) is 3.06. The zero-order valence-electron chi connectivity index (χ0n) is 11.4. The topological polar surface area (TPSA) is 55.5 Å². The number of ether oxygens (including phenoxy) is 1. The number of aliphatic hydroxyl groups is 1. The summed E-state index contributed by atoms with van der Waals surface area (Å²) in [6.07, 6.45) is 2.19. The SMILES string of the molecule is CC(C)CCCOCC(N)(CO)c1ccccc1. The fourth-order valence-corrected chi connectivity index (χ4v) is 1.84.